The first kappa shape index (κ1) is 31.7. The molecule has 0 bridgehead atoms. The molecule has 1 aliphatic rings. The number of pyridine rings is 1. The van der Waals surface area contributed by atoms with Crippen molar-refractivity contribution in [1.82, 2.24) is 15.2 Å². The molecule has 3 aromatic carbocycles. The largest absolute Gasteiger partial charge is 0.444 e. The summed E-state index contributed by atoms with van der Waals surface area (Å²) in [5, 5.41) is 9.41. The molecule has 2 amide bonds. The summed E-state index contributed by atoms with van der Waals surface area (Å²) in [6.07, 6.45) is 5.52. The van der Waals surface area contributed by atoms with Gasteiger partial charge >= 0.3 is 6.09 Å². The summed E-state index contributed by atoms with van der Waals surface area (Å²) in [4.78, 5) is 34.2. The van der Waals surface area contributed by atoms with Crippen LogP contribution in [0.4, 0.5) is 21.9 Å². The van der Waals surface area contributed by atoms with Crippen molar-refractivity contribution in [3.05, 3.63) is 114 Å². The molecule has 0 radical (unpaired) electrons. The summed E-state index contributed by atoms with van der Waals surface area (Å²) in [6, 6.07) is 25.4. The molecule has 0 unspecified atom stereocenters. The number of nitrogens with zero attached hydrogens (tertiary/aromatic N) is 2. The highest BCUT2D eigenvalue weighted by molar-refractivity contribution is 7.99. The number of rotatable bonds is 9. The Balaban J connectivity index is 1.39. The summed E-state index contributed by atoms with van der Waals surface area (Å²) < 4.78 is 5.36. The smallest absolute Gasteiger partial charge is 0.412 e. The molecule has 0 aliphatic carbocycles. The molecule has 1 aromatic heterocycles. The minimum Gasteiger partial charge on any atom is -0.444 e. The van der Waals surface area contributed by atoms with Gasteiger partial charge in [0.1, 0.15) is 5.60 Å². The first-order valence-corrected chi connectivity index (χ1v) is 15.8. The zero-order valence-electron chi connectivity index (χ0n) is 26.3. The van der Waals surface area contributed by atoms with Gasteiger partial charge < -0.3 is 20.3 Å². The quantitative estimate of drug-likeness (QED) is 0.173. The number of fused-ring (bicyclic) bond motifs is 1. The van der Waals surface area contributed by atoms with Crippen LogP contribution in [0.25, 0.3) is 6.08 Å². The lowest BCUT2D eigenvalue weighted by molar-refractivity contribution is 0.0635. The standard InChI is InChI=1S/C36H39N5O3S/c1-24(2)41-20-18-29-30(17-19-37-32(29)23-41)40-31-21-26(34(42)38-22-25-9-7-6-8-10-25)11-16-33(31)45-28-14-12-27(13-15-28)39-35(43)44-36(3,4)5/h6-21,24H,22-23H2,1-5H3,(H,37,40)(H,38,42)(H,39,43). The van der Waals surface area contributed by atoms with Gasteiger partial charge in [0.25, 0.3) is 5.91 Å². The maximum Gasteiger partial charge on any atom is 0.412 e. The van der Waals surface area contributed by atoms with Gasteiger partial charge in [-0.05, 0) is 94.8 Å². The van der Waals surface area contributed by atoms with Crippen LogP contribution in [0.3, 0.4) is 0 Å². The second kappa shape index (κ2) is 13.9. The summed E-state index contributed by atoms with van der Waals surface area (Å²) in [5.41, 5.74) is 5.40. The van der Waals surface area contributed by atoms with Crippen molar-refractivity contribution in [3.8, 4) is 0 Å². The van der Waals surface area contributed by atoms with E-state index in [4.69, 9.17) is 4.74 Å². The average molecular weight is 622 g/mol. The van der Waals surface area contributed by atoms with Crippen LogP contribution in [0, 0.1) is 0 Å². The Bertz CT molecular complexity index is 1680. The number of nitrogens with one attached hydrogen (secondary N) is 3. The van der Waals surface area contributed by atoms with Gasteiger partial charge in [-0.2, -0.15) is 0 Å². The third kappa shape index (κ3) is 8.67. The fraction of sp³-hybridized carbons (Fsp3) is 0.250. The van der Waals surface area contributed by atoms with Crippen LogP contribution >= 0.6 is 11.8 Å². The number of amides is 2. The van der Waals surface area contributed by atoms with Gasteiger partial charge in [-0.25, -0.2) is 4.79 Å². The Labute approximate surface area is 269 Å². The van der Waals surface area contributed by atoms with E-state index in [0.29, 0.717) is 23.8 Å². The summed E-state index contributed by atoms with van der Waals surface area (Å²) in [6.45, 7) is 11.0. The maximum absolute atomic E-state index is 13.2. The van der Waals surface area contributed by atoms with Crippen LogP contribution in [-0.4, -0.2) is 33.5 Å². The number of anilines is 3. The molecule has 0 fully saturated rings. The molecule has 9 heteroatoms. The Hall–Kier alpha value is -4.76. The molecule has 45 heavy (non-hydrogen) atoms. The molecular formula is C36H39N5O3S. The van der Waals surface area contributed by atoms with Gasteiger partial charge in [-0.1, -0.05) is 42.1 Å². The van der Waals surface area contributed by atoms with Crippen molar-refractivity contribution in [3.63, 3.8) is 0 Å². The lowest BCUT2D eigenvalue weighted by atomic mass is 10.1. The van der Waals surface area contributed by atoms with Gasteiger partial charge in [0.15, 0.2) is 0 Å². The zero-order chi connectivity index (χ0) is 32.0. The first-order chi connectivity index (χ1) is 21.5. The molecule has 2 heterocycles. The van der Waals surface area contributed by atoms with Crippen molar-refractivity contribution < 1.29 is 14.3 Å². The van der Waals surface area contributed by atoms with Gasteiger partial charge in [0, 0.05) is 57.3 Å². The third-order valence-electron chi connectivity index (χ3n) is 7.04. The van der Waals surface area contributed by atoms with Crippen LogP contribution in [0.2, 0.25) is 0 Å². The minimum absolute atomic E-state index is 0.153. The van der Waals surface area contributed by atoms with Gasteiger partial charge in [0.2, 0.25) is 0 Å². The molecule has 4 aromatic rings. The average Bonchev–Trinajstić information content (AvgIpc) is 3.01. The van der Waals surface area contributed by atoms with Crippen LogP contribution in [0.15, 0.2) is 101 Å². The summed E-state index contributed by atoms with van der Waals surface area (Å²) >= 11 is 1.56. The number of hydrogen-bond acceptors (Lipinski definition) is 7. The Morgan fingerprint density at radius 2 is 1.73 bits per heavy atom. The van der Waals surface area contributed by atoms with Crippen molar-refractivity contribution in [2.24, 2.45) is 0 Å². The Morgan fingerprint density at radius 3 is 2.44 bits per heavy atom. The van der Waals surface area contributed by atoms with E-state index in [2.05, 4.69) is 52.0 Å². The molecule has 5 rings (SSSR count). The fourth-order valence-corrected chi connectivity index (χ4v) is 5.61. The maximum atomic E-state index is 13.2. The monoisotopic (exact) mass is 621 g/mol. The third-order valence-corrected chi connectivity index (χ3v) is 8.12. The number of hydrogen-bond donors (Lipinski definition) is 3. The van der Waals surface area contributed by atoms with E-state index in [1.54, 1.807) is 11.8 Å². The van der Waals surface area contributed by atoms with E-state index in [9.17, 15) is 9.59 Å². The van der Waals surface area contributed by atoms with Gasteiger partial charge in [0.05, 0.1) is 17.9 Å². The lowest BCUT2D eigenvalue weighted by Crippen LogP contribution is -2.27. The van der Waals surface area contributed by atoms with Crippen molar-refractivity contribution >= 4 is 46.9 Å². The van der Waals surface area contributed by atoms with Gasteiger partial charge in [-0.15, -0.1) is 0 Å². The van der Waals surface area contributed by atoms with Crippen LogP contribution in [0.5, 0.6) is 0 Å². The SMILES string of the molecule is CC(C)N1C=Cc2c(Nc3cc(C(=O)NCc4ccccc4)ccc3Sc3ccc(NC(=O)OC(C)(C)C)cc3)ccnc2C1. The number of carbonyl (C=O) groups is 2. The fourth-order valence-electron chi connectivity index (χ4n) is 4.73. The van der Waals surface area contributed by atoms with E-state index >= 15 is 0 Å². The first-order valence-electron chi connectivity index (χ1n) is 15.0. The predicted molar refractivity (Wildman–Crippen MR) is 182 cm³/mol. The van der Waals surface area contributed by atoms with Crippen LogP contribution in [0.1, 0.15) is 61.8 Å². The number of carbonyl (C=O) groups excluding carboxylic acids is 2. The lowest BCUT2D eigenvalue weighted by Gasteiger charge is -2.29. The van der Waals surface area contributed by atoms with Crippen LogP contribution in [-0.2, 0) is 17.8 Å². The minimum atomic E-state index is -0.578. The van der Waals surface area contributed by atoms with Crippen LogP contribution < -0.4 is 16.0 Å². The molecule has 0 saturated heterocycles. The second-order valence-electron chi connectivity index (χ2n) is 12.1. The topological polar surface area (TPSA) is 95.6 Å². The van der Waals surface area contributed by atoms with E-state index in [0.717, 1.165) is 44.5 Å². The molecule has 0 spiro atoms. The normalized spacial score (nSPS) is 12.4. The highest BCUT2D eigenvalue weighted by Crippen LogP contribution is 2.38. The summed E-state index contributed by atoms with van der Waals surface area (Å²) in [7, 11) is 0. The van der Waals surface area contributed by atoms with Crippen molar-refractivity contribution in [1.29, 1.82) is 0 Å². The van der Waals surface area contributed by atoms with E-state index < -0.39 is 11.7 Å². The van der Waals surface area contributed by atoms with E-state index in [-0.39, 0.29) is 5.91 Å². The zero-order valence-corrected chi connectivity index (χ0v) is 27.1. The number of ether oxygens (including phenoxy) is 1. The van der Waals surface area contributed by atoms with Crippen molar-refractivity contribution in [2.45, 2.75) is 69.1 Å². The molecule has 232 valence electrons. The highest BCUT2D eigenvalue weighted by atomic mass is 32.2. The molecule has 3 N–H and O–H groups in total. The molecule has 0 atom stereocenters. The van der Waals surface area contributed by atoms with Crippen molar-refractivity contribution in [2.75, 3.05) is 10.6 Å². The summed E-state index contributed by atoms with van der Waals surface area (Å²) in [5.74, 6) is -0.153. The Kier molecular flexibility index (Phi) is 9.78. The number of aromatic nitrogens is 1. The van der Waals surface area contributed by atoms with E-state index in [1.165, 1.54) is 0 Å². The predicted octanol–water partition coefficient (Wildman–Crippen LogP) is 8.45. The molecule has 1 aliphatic heterocycles. The Morgan fingerprint density at radius 1 is 0.978 bits per heavy atom. The number of benzene rings is 3. The molecule has 8 nitrogen and oxygen atoms in total. The second-order valence-corrected chi connectivity index (χ2v) is 13.2. The molecule has 0 saturated carbocycles. The highest BCUT2D eigenvalue weighted by Gasteiger charge is 2.19. The van der Waals surface area contributed by atoms with E-state index in [1.807, 2.05) is 106 Å². The van der Waals surface area contributed by atoms with Gasteiger partial charge in [-0.3, -0.25) is 15.1 Å². The molecular weight excluding hydrogens is 582 g/mol.